The molecule has 1 heterocycles. The minimum Gasteiger partial charge on any atom is -0.489 e. The molecule has 0 aliphatic carbocycles. The van der Waals surface area contributed by atoms with Crippen molar-refractivity contribution in [3.63, 3.8) is 0 Å². The number of nitrogens with zero attached hydrogens (tertiary/aromatic N) is 2. The summed E-state index contributed by atoms with van der Waals surface area (Å²) in [7, 11) is 0. The van der Waals surface area contributed by atoms with Crippen LogP contribution in [0, 0.1) is 0 Å². The first-order chi connectivity index (χ1) is 15.6. The van der Waals surface area contributed by atoms with Crippen molar-refractivity contribution >= 4 is 11.7 Å². The van der Waals surface area contributed by atoms with Gasteiger partial charge in [0, 0.05) is 17.8 Å². The molecule has 0 saturated heterocycles. The summed E-state index contributed by atoms with van der Waals surface area (Å²) in [5, 5.41) is 7.32. The average Bonchev–Trinajstić information content (AvgIpc) is 3.25. The highest BCUT2D eigenvalue weighted by Gasteiger charge is 2.09. The zero-order chi connectivity index (χ0) is 22.3. The number of ether oxygens (including phenoxy) is 1. The van der Waals surface area contributed by atoms with Gasteiger partial charge in [0.25, 0.3) is 5.91 Å². The van der Waals surface area contributed by atoms with Crippen LogP contribution < -0.4 is 10.1 Å². The highest BCUT2D eigenvalue weighted by molar-refractivity contribution is 6.03. The second-order valence-electron chi connectivity index (χ2n) is 8.05. The van der Waals surface area contributed by atoms with E-state index in [4.69, 9.17) is 4.74 Å². The van der Waals surface area contributed by atoms with Crippen molar-refractivity contribution in [2.75, 3.05) is 5.32 Å². The summed E-state index contributed by atoms with van der Waals surface area (Å²) >= 11 is 0. The molecule has 0 spiro atoms. The van der Waals surface area contributed by atoms with E-state index in [-0.39, 0.29) is 5.91 Å². The van der Waals surface area contributed by atoms with E-state index in [1.54, 1.807) is 16.8 Å². The molecule has 5 heteroatoms. The van der Waals surface area contributed by atoms with E-state index in [2.05, 4.69) is 36.4 Å². The van der Waals surface area contributed by atoms with Gasteiger partial charge in [0.05, 0.1) is 6.54 Å². The molecular formula is C27H27N3O2. The van der Waals surface area contributed by atoms with Gasteiger partial charge in [-0.15, -0.1) is 0 Å². The number of rotatable bonds is 8. The van der Waals surface area contributed by atoms with E-state index in [0.717, 1.165) is 16.9 Å². The van der Waals surface area contributed by atoms with Crippen molar-refractivity contribution in [1.82, 2.24) is 9.78 Å². The first-order valence-corrected chi connectivity index (χ1v) is 10.8. The molecule has 4 aromatic rings. The molecule has 0 aliphatic heterocycles. The van der Waals surface area contributed by atoms with Crippen LogP contribution in [0.1, 0.15) is 46.8 Å². The van der Waals surface area contributed by atoms with Gasteiger partial charge in [-0.25, -0.2) is 0 Å². The lowest BCUT2D eigenvalue weighted by molar-refractivity contribution is 0.102. The fraction of sp³-hybridized carbons (Fsp3) is 0.185. The lowest BCUT2D eigenvalue weighted by Gasteiger charge is -2.10. The van der Waals surface area contributed by atoms with Gasteiger partial charge in [0.15, 0.2) is 5.82 Å². The summed E-state index contributed by atoms with van der Waals surface area (Å²) in [6.45, 7) is 5.38. The molecule has 5 nitrogen and oxygen atoms in total. The Morgan fingerprint density at radius 3 is 2.44 bits per heavy atom. The number of nitrogens with one attached hydrogen (secondary N) is 1. The Balaban J connectivity index is 1.35. The van der Waals surface area contributed by atoms with Crippen molar-refractivity contribution in [1.29, 1.82) is 0 Å². The van der Waals surface area contributed by atoms with Crippen LogP contribution in [-0.2, 0) is 13.2 Å². The molecule has 0 fully saturated rings. The maximum Gasteiger partial charge on any atom is 0.256 e. The predicted octanol–water partition coefficient (Wildman–Crippen LogP) is 5.89. The number of hydrogen-bond acceptors (Lipinski definition) is 3. The van der Waals surface area contributed by atoms with Crippen LogP contribution in [0.5, 0.6) is 5.75 Å². The Labute approximate surface area is 188 Å². The summed E-state index contributed by atoms with van der Waals surface area (Å²) in [6, 6.07) is 27.5. The van der Waals surface area contributed by atoms with Gasteiger partial charge in [-0.1, -0.05) is 68.4 Å². The van der Waals surface area contributed by atoms with Crippen LogP contribution in [0.2, 0.25) is 0 Å². The summed E-state index contributed by atoms with van der Waals surface area (Å²) in [5.41, 5.74) is 3.93. The maximum absolute atomic E-state index is 12.7. The van der Waals surface area contributed by atoms with Crippen LogP contribution >= 0.6 is 0 Å². The minimum absolute atomic E-state index is 0.196. The number of hydrogen-bond donors (Lipinski definition) is 1. The van der Waals surface area contributed by atoms with E-state index < -0.39 is 0 Å². The molecule has 4 rings (SSSR count). The smallest absolute Gasteiger partial charge is 0.256 e. The summed E-state index contributed by atoms with van der Waals surface area (Å²) in [5.74, 6) is 1.63. The largest absolute Gasteiger partial charge is 0.489 e. The molecule has 1 N–H and O–H groups in total. The zero-order valence-electron chi connectivity index (χ0n) is 18.4. The standard InChI is InChI=1S/C27H27N3O2/c1-20(2)23-11-13-25(14-12-23)32-19-22-9-6-10-24(17-22)27(31)28-26-15-16-30(29-26)18-21-7-4-3-5-8-21/h3-17,20H,18-19H2,1-2H3,(H,28,29,31). The monoisotopic (exact) mass is 425 g/mol. The Morgan fingerprint density at radius 1 is 0.938 bits per heavy atom. The first-order valence-electron chi connectivity index (χ1n) is 10.8. The predicted molar refractivity (Wildman–Crippen MR) is 127 cm³/mol. The van der Waals surface area contributed by atoms with E-state index >= 15 is 0 Å². The Bertz CT molecular complexity index is 1170. The molecule has 0 radical (unpaired) electrons. The molecule has 162 valence electrons. The number of benzene rings is 3. The van der Waals surface area contributed by atoms with Crippen molar-refractivity contribution in [2.45, 2.75) is 32.9 Å². The van der Waals surface area contributed by atoms with Gasteiger partial charge in [0.2, 0.25) is 0 Å². The van der Waals surface area contributed by atoms with Gasteiger partial charge in [-0.2, -0.15) is 5.10 Å². The minimum atomic E-state index is -0.196. The summed E-state index contributed by atoms with van der Waals surface area (Å²) < 4.78 is 7.70. The highest BCUT2D eigenvalue weighted by atomic mass is 16.5. The molecule has 0 unspecified atom stereocenters. The third-order valence-electron chi connectivity index (χ3n) is 5.21. The highest BCUT2D eigenvalue weighted by Crippen LogP contribution is 2.20. The van der Waals surface area contributed by atoms with E-state index in [0.29, 0.717) is 30.5 Å². The maximum atomic E-state index is 12.7. The van der Waals surface area contributed by atoms with E-state index in [1.807, 2.05) is 66.9 Å². The molecule has 1 amide bonds. The topological polar surface area (TPSA) is 56.1 Å². The van der Waals surface area contributed by atoms with Crippen LogP contribution in [0.4, 0.5) is 5.82 Å². The number of carbonyl (C=O) groups is 1. The molecule has 0 bridgehead atoms. The van der Waals surface area contributed by atoms with Crippen molar-refractivity contribution in [3.8, 4) is 5.75 Å². The van der Waals surface area contributed by atoms with Crippen LogP contribution in [0.25, 0.3) is 0 Å². The molecule has 0 saturated carbocycles. The van der Waals surface area contributed by atoms with Crippen molar-refractivity contribution in [2.24, 2.45) is 0 Å². The van der Waals surface area contributed by atoms with Gasteiger partial charge in [0.1, 0.15) is 12.4 Å². The fourth-order valence-electron chi connectivity index (χ4n) is 3.39. The van der Waals surface area contributed by atoms with Crippen molar-refractivity contribution in [3.05, 3.63) is 113 Å². The van der Waals surface area contributed by atoms with Gasteiger partial charge < -0.3 is 10.1 Å². The van der Waals surface area contributed by atoms with Crippen molar-refractivity contribution < 1.29 is 9.53 Å². The number of aromatic nitrogens is 2. The molecule has 1 aromatic heterocycles. The number of carbonyl (C=O) groups excluding carboxylic acids is 1. The molecule has 3 aromatic carbocycles. The Kier molecular flexibility index (Phi) is 6.66. The van der Waals surface area contributed by atoms with E-state index in [9.17, 15) is 4.79 Å². The second kappa shape index (κ2) is 9.96. The van der Waals surface area contributed by atoms with Crippen LogP contribution in [0.15, 0.2) is 91.1 Å². The molecule has 0 aliphatic rings. The summed E-state index contributed by atoms with van der Waals surface area (Å²) in [6.07, 6.45) is 1.86. The lowest BCUT2D eigenvalue weighted by Crippen LogP contribution is -2.13. The van der Waals surface area contributed by atoms with Gasteiger partial charge in [-0.3, -0.25) is 9.48 Å². The quantitative estimate of drug-likeness (QED) is 0.383. The average molecular weight is 426 g/mol. The fourth-order valence-corrected chi connectivity index (χ4v) is 3.39. The number of anilines is 1. The SMILES string of the molecule is CC(C)c1ccc(OCc2cccc(C(=O)Nc3ccn(Cc4ccccc4)n3)c2)cc1. The summed E-state index contributed by atoms with van der Waals surface area (Å²) in [4.78, 5) is 12.7. The number of amides is 1. The molecule has 0 atom stereocenters. The second-order valence-corrected chi connectivity index (χ2v) is 8.05. The zero-order valence-corrected chi connectivity index (χ0v) is 18.4. The van der Waals surface area contributed by atoms with Crippen LogP contribution in [-0.4, -0.2) is 15.7 Å². The Hall–Kier alpha value is -3.86. The molecular weight excluding hydrogens is 398 g/mol. The van der Waals surface area contributed by atoms with E-state index in [1.165, 1.54) is 5.56 Å². The van der Waals surface area contributed by atoms with Gasteiger partial charge >= 0.3 is 0 Å². The van der Waals surface area contributed by atoms with Gasteiger partial charge in [-0.05, 0) is 46.9 Å². The lowest BCUT2D eigenvalue weighted by atomic mass is 10.0. The van der Waals surface area contributed by atoms with Crippen LogP contribution in [0.3, 0.4) is 0 Å². The third-order valence-corrected chi connectivity index (χ3v) is 5.21. The first kappa shape index (κ1) is 21.4. The molecule has 32 heavy (non-hydrogen) atoms. The Morgan fingerprint density at radius 2 is 1.69 bits per heavy atom. The third kappa shape index (κ3) is 5.64. The normalized spacial score (nSPS) is 10.8.